The zero-order valence-corrected chi connectivity index (χ0v) is 28.9. The summed E-state index contributed by atoms with van der Waals surface area (Å²) in [6.45, 7) is 2.27. The number of methoxy groups -OCH3 is 1. The molecule has 0 unspecified atom stereocenters. The van der Waals surface area contributed by atoms with Gasteiger partial charge in [0.2, 0.25) is 12.5 Å². The van der Waals surface area contributed by atoms with E-state index in [-0.39, 0.29) is 89.4 Å². The third-order valence-corrected chi connectivity index (χ3v) is 7.35. The number of halogens is 2. The van der Waals surface area contributed by atoms with Gasteiger partial charge in [-0.25, -0.2) is 0 Å². The maximum atomic E-state index is 10.9. The van der Waals surface area contributed by atoms with E-state index in [1.54, 1.807) is 19.2 Å². The normalized spacial score (nSPS) is 12.1. The number of ether oxygens (including phenoxy) is 5. The van der Waals surface area contributed by atoms with Crippen molar-refractivity contribution in [2.75, 3.05) is 27.1 Å². The number of benzene rings is 3. The number of rotatable bonds is 11. The number of aryl methyl sites for hydroxylation is 2. The Morgan fingerprint density at radius 1 is 0.953 bits per heavy atom. The van der Waals surface area contributed by atoms with E-state index in [2.05, 4.69) is 35.0 Å². The average molecular weight is 653 g/mol. The Labute approximate surface area is 305 Å². The van der Waals surface area contributed by atoms with E-state index in [0.717, 1.165) is 77.3 Å². The molecule has 2 aliphatic heterocycles. The summed E-state index contributed by atoms with van der Waals surface area (Å²) < 4.78 is 31.3. The molecular weight excluding hydrogens is 620 g/mol. The van der Waals surface area contributed by atoms with Crippen LogP contribution < -0.4 is 104 Å². The van der Waals surface area contributed by atoms with Crippen LogP contribution >= 0.6 is 0 Å². The first kappa shape index (κ1) is 35.2. The quantitative estimate of drug-likeness (QED) is 0.102. The number of aliphatic carboxylic acids is 1. The topological polar surface area (TPSA) is 87.3 Å². The van der Waals surface area contributed by atoms with Gasteiger partial charge in [-0.15, -0.1) is 0 Å². The molecule has 0 saturated heterocycles. The number of aromatic nitrogens is 1. The van der Waals surface area contributed by atoms with Crippen molar-refractivity contribution in [1.29, 1.82) is 0 Å². The van der Waals surface area contributed by atoms with Gasteiger partial charge in [0.25, 0.3) is 0 Å². The maximum absolute atomic E-state index is 10.9. The second-order valence-electron chi connectivity index (χ2n) is 10.0. The standard InChI is InChI=1S/C32H31NO7.2ClH.K/c1-36-28-9-8-22-16-27-25-18-30-29(39-20-40-30)17-23(25)10-11-33(27)19-26(22)32(28)38-13-4-2-3-12-37-24-7-5-6-21(14-24)15-31(34)35;;;/h5-9,14,16-19H,2-4,10-13,15,20H2,1H3;2*1H;/q;;;+1/p-1. The van der Waals surface area contributed by atoms with E-state index in [9.17, 15) is 4.79 Å². The van der Waals surface area contributed by atoms with E-state index in [4.69, 9.17) is 28.8 Å². The van der Waals surface area contributed by atoms with Crippen LogP contribution in [0.1, 0.15) is 30.4 Å². The van der Waals surface area contributed by atoms with Crippen LogP contribution in [0.2, 0.25) is 0 Å². The minimum Gasteiger partial charge on any atom is -1.00 e. The zero-order chi connectivity index (χ0) is 27.5. The van der Waals surface area contributed by atoms with E-state index in [1.165, 1.54) is 11.1 Å². The third kappa shape index (κ3) is 8.08. The summed E-state index contributed by atoms with van der Waals surface area (Å²) >= 11 is 0. The van der Waals surface area contributed by atoms with Gasteiger partial charge >= 0.3 is 57.4 Å². The SMILES string of the molecule is COc1ccc2cc3[n+](cc2c1OCCCCCOc1cccc(CC(=O)O)c1)CCc1cc2c(cc1-3)OCO2.[Cl-].[Cl-].[K+]. The van der Waals surface area contributed by atoms with Gasteiger partial charge in [0.05, 0.1) is 37.7 Å². The minimum atomic E-state index is -0.850. The first-order valence-corrected chi connectivity index (χ1v) is 13.6. The van der Waals surface area contributed by atoms with Crippen molar-refractivity contribution < 1.29 is 114 Å². The second-order valence-corrected chi connectivity index (χ2v) is 10.0. The first-order valence-electron chi connectivity index (χ1n) is 13.6. The number of fused-ring (bicyclic) bond motifs is 5. The Kier molecular flexibility index (Phi) is 13.3. The van der Waals surface area contributed by atoms with Crippen LogP contribution in [0.15, 0.2) is 60.8 Å². The van der Waals surface area contributed by atoms with E-state index in [0.29, 0.717) is 19.0 Å². The Balaban J connectivity index is 0.00000169. The number of hydrogen-bond donors (Lipinski definition) is 1. The second kappa shape index (κ2) is 16.2. The molecule has 0 radical (unpaired) electrons. The largest absolute Gasteiger partial charge is 1.00 e. The molecule has 6 rings (SSSR count). The van der Waals surface area contributed by atoms with E-state index >= 15 is 0 Å². The van der Waals surface area contributed by atoms with Crippen LogP contribution in [-0.4, -0.2) is 38.2 Å². The van der Waals surface area contributed by atoms with Crippen molar-refractivity contribution in [3.8, 4) is 40.0 Å². The number of carboxylic acid groups (broad SMARTS) is 1. The van der Waals surface area contributed by atoms with Crippen molar-refractivity contribution in [1.82, 2.24) is 0 Å². The molecule has 0 saturated carbocycles. The van der Waals surface area contributed by atoms with E-state index in [1.807, 2.05) is 18.2 Å². The molecule has 11 heteroatoms. The van der Waals surface area contributed by atoms with Crippen LogP contribution in [0.5, 0.6) is 28.7 Å². The molecule has 3 aromatic carbocycles. The fourth-order valence-electron chi connectivity index (χ4n) is 5.37. The average Bonchev–Trinajstić information content (AvgIpc) is 3.42. The molecule has 3 heterocycles. The van der Waals surface area contributed by atoms with Crippen LogP contribution in [0.4, 0.5) is 0 Å². The summed E-state index contributed by atoms with van der Waals surface area (Å²) in [7, 11) is 1.67. The number of hydrogen-bond acceptors (Lipinski definition) is 6. The van der Waals surface area contributed by atoms with Crippen LogP contribution in [0.3, 0.4) is 0 Å². The summed E-state index contributed by atoms with van der Waals surface area (Å²) in [4.78, 5) is 10.9. The summed E-state index contributed by atoms with van der Waals surface area (Å²) in [6, 6.07) is 17.7. The molecule has 0 fully saturated rings. The minimum absolute atomic E-state index is 0. The summed E-state index contributed by atoms with van der Waals surface area (Å²) in [5.41, 5.74) is 4.33. The number of carbonyl (C=O) groups is 1. The summed E-state index contributed by atoms with van der Waals surface area (Å²) in [5.74, 6) is 2.95. The summed E-state index contributed by atoms with van der Waals surface area (Å²) in [5, 5.41) is 11.1. The Morgan fingerprint density at radius 3 is 2.49 bits per heavy atom. The van der Waals surface area contributed by atoms with Gasteiger partial charge in [-0.2, -0.15) is 4.57 Å². The molecule has 8 nitrogen and oxygen atoms in total. The Bertz CT molecular complexity index is 1580. The molecule has 4 aromatic rings. The smallest absolute Gasteiger partial charge is 1.00 e. The van der Waals surface area contributed by atoms with Crippen molar-refractivity contribution >= 4 is 16.7 Å². The first-order chi connectivity index (χ1) is 19.6. The van der Waals surface area contributed by atoms with Crippen molar-refractivity contribution in [2.24, 2.45) is 0 Å². The monoisotopic (exact) mass is 651 g/mol. The third-order valence-electron chi connectivity index (χ3n) is 7.35. The Morgan fingerprint density at radius 2 is 1.72 bits per heavy atom. The van der Waals surface area contributed by atoms with Gasteiger partial charge in [-0.1, -0.05) is 12.1 Å². The van der Waals surface area contributed by atoms with Crippen molar-refractivity contribution in [3.05, 3.63) is 71.9 Å². The molecule has 0 atom stereocenters. The fourth-order valence-corrected chi connectivity index (χ4v) is 5.37. The molecule has 0 amide bonds. The van der Waals surface area contributed by atoms with Crippen LogP contribution in [0, 0.1) is 0 Å². The molecule has 2 aliphatic rings. The number of pyridine rings is 1. The van der Waals surface area contributed by atoms with Gasteiger partial charge in [0.15, 0.2) is 35.7 Å². The molecule has 0 bridgehead atoms. The molecule has 0 aliphatic carbocycles. The number of nitrogens with zero attached hydrogens (tertiary/aromatic N) is 1. The van der Waals surface area contributed by atoms with Gasteiger partial charge in [-0.05, 0) is 72.2 Å². The maximum Gasteiger partial charge on any atom is 1.00 e. The van der Waals surface area contributed by atoms with Gasteiger partial charge < -0.3 is 53.6 Å². The molecule has 0 spiro atoms. The van der Waals surface area contributed by atoms with Crippen molar-refractivity contribution in [2.45, 2.75) is 38.6 Å². The van der Waals surface area contributed by atoms with Gasteiger partial charge in [-0.3, -0.25) is 4.79 Å². The molecule has 1 aromatic heterocycles. The fraction of sp³-hybridized carbons (Fsp3) is 0.312. The Hall–Kier alpha value is -2.24. The van der Waals surface area contributed by atoms with Crippen LogP contribution in [-0.2, 0) is 24.2 Å². The van der Waals surface area contributed by atoms with Gasteiger partial charge in [0, 0.05) is 12.5 Å². The molecule has 43 heavy (non-hydrogen) atoms. The number of carboxylic acids is 1. The predicted molar refractivity (Wildman–Crippen MR) is 149 cm³/mol. The molecule has 222 valence electrons. The molecule has 1 N–H and O–H groups in total. The molecular formula is C32H32Cl2KNO7. The predicted octanol–water partition coefficient (Wildman–Crippen LogP) is -3.65. The van der Waals surface area contributed by atoms with Crippen molar-refractivity contribution in [3.63, 3.8) is 0 Å². The van der Waals surface area contributed by atoms with Crippen LogP contribution in [0.25, 0.3) is 22.0 Å². The zero-order valence-electron chi connectivity index (χ0n) is 24.2. The van der Waals surface area contributed by atoms with Gasteiger partial charge in [0.1, 0.15) is 5.75 Å². The van der Waals surface area contributed by atoms with E-state index < -0.39 is 5.97 Å². The summed E-state index contributed by atoms with van der Waals surface area (Å²) in [6.07, 6.45) is 5.77. The number of unbranched alkanes of at least 4 members (excludes halogenated alkanes) is 2.